The molecule has 1 aromatic heterocycles. The summed E-state index contributed by atoms with van der Waals surface area (Å²) in [6.45, 7) is 7.48. The zero-order valence-electron chi connectivity index (χ0n) is 21.1. The molecule has 4 N–H and O–H groups in total. The first-order chi connectivity index (χ1) is 16.6. The van der Waals surface area contributed by atoms with Crippen molar-refractivity contribution in [2.45, 2.75) is 76.2 Å². The third-order valence-electron chi connectivity index (χ3n) is 9.12. The number of aromatic nitrogens is 1. The highest BCUT2D eigenvalue weighted by Crippen LogP contribution is 2.48. The number of benzene rings is 1. The predicted octanol–water partition coefficient (Wildman–Crippen LogP) is 2.95. The Balaban J connectivity index is 1.44. The number of likely N-dealkylation sites (tertiary alicyclic amines) is 1. The van der Waals surface area contributed by atoms with Gasteiger partial charge in [-0.3, -0.25) is 10.1 Å². The fourth-order valence-electron chi connectivity index (χ4n) is 7.26. The highest BCUT2D eigenvalue weighted by atomic mass is 32.1. The second-order valence-electron chi connectivity index (χ2n) is 10.7. The molecule has 1 amide bonds. The monoisotopic (exact) mass is 482 g/mol. The van der Waals surface area contributed by atoms with Crippen molar-refractivity contribution in [3.63, 3.8) is 0 Å². The molecule has 2 fully saturated rings. The Morgan fingerprint density at radius 1 is 1.29 bits per heavy atom. The van der Waals surface area contributed by atoms with Crippen LogP contribution < -0.4 is 10.6 Å². The van der Waals surface area contributed by atoms with E-state index in [1.54, 1.807) is 0 Å². The van der Waals surface area contributed by atoms with Gasteiger partial charge in [-0.05, 0) is 49.5 Å². The van der Waals surface area contributed by atoms with Gasteiger partial charge < -0.3 is 10.2 Å². The number of aryl methyl sites for hydroxylation is 1. The number of nitrogens with two attached hydrogens (primary N) is 2. The van der Waals surface area contributed by atoms with Crippen LogP contribution in [0.25, 0.3) is 0 Å². The quantitative estimate of drug-likeness (QED) is 0.665. The zero-order valence-corrected chi connectivity index (χ0v) is 21.9. The second kappa shape index (κ2) is 10.1. The number of hydrogen-bond donors (Lipinski definition) is 2. The van der Waals surface area contributed by atoms with Crippen LogP contribution in [0, 0.1) is 11.8 Å². The maximum atomic E-state index is 14.4. The van der Waals surface area contributed by atoms with Crippen molar-refractivity contribution < 1.29 is 15.4 Å². The van der Waals surface area contributed by atoms with Gasteiger partial charge in [0.25, 0.3) is 5.13 Å². The molecule has 0 unspecified atom stereocenters. The highest BCUT2D eigenvalue weighted by molar-refractivity contribution is 7.15. The molecular formula is C28H42N4OS+2. The van der Waals surface area contributed by atoms with Crippen LogP contribution in [-0.2, 0) is 16.6 Å². The molecule has 3 aliphatic rings. The lowest BCUT2D eigenvalue weighted by Crippen LogP contribution is -2.82. The summed E-state index contributed by atoms with van der Waals surface area (Å²) in [5.41, 5.74) is 2.70. The van der Waals surface area contributed by atoms with E-state index >= 15 is 0 Å². The van der Waals surface area contributed by atoms with Gasteiger partial charge in [0.15, 0.2) is 0 Å². The number of rotatable bonds is 6. The summed E-state index contributed by atoms with van der Waals surface area (Å²) < 4.78 is 0. The summed E-state index contributed by atoms with van der Waals surface area (Å²) in [7, 11) is 2.08. The lowest BCUT2D eigenvalue weighted by molar-refractivity contribution is -0.640. The molecule has 2 saturated heterocycles. The minimum atomic E-state index is -0.0155. The van der Waals surface area contributed by atoms with Crippen molar-refractivity contribution in [3.05, 3.63) is 46.5 Å². The number of nitrogens with zero attached hydrogens (tertiary/aromatic N) is 2. The molecule has 0 saturated carbocycles. The third-order valence-corrected chi connectivity index (χ3v) is 10.5. The topological polar surface area (TPSA) is 66.4 Å². The van der Waals surface area contributed by atoms with Crippen molar-refractivity contribution in [3.8, 4) is 0 Å². The van der Waals surface area contributed by atoms with E-state index in [0.717, 1.165) is 69.7 Å². The Bertz CT molecular complexity index is 988. The molecule has 1 aliphatic carbocycles. The van der Waals surface area contributed by atoms with Crippen LogP contribution in [0.4, 0.5) is 5.13 Å². The van der Waals surface area contributed by atoms with Gasteiger partial charge in [-0.1, -0.05) is 68.4 Å². The van der Waals surface area contributed by atoms with Crippen LogP contribution in [-0.4, -0.2) is 48.5 Å². The predicted molar refractivity (Wildman–Crippen MR) is 137 cm³/mol. The molecule has 3 heterocycles. The molecule has 4 atom stereocenters. The Morgan fingerprint density at radius 2 is 2.09 bits per heavy atom. The Morgan fingerprint density at radius 3 is 2.82 bits per heavy atom. The Kier molecular flexibility index (Phi) is 7.10. The maximum absolute atomic E-state index is 14.4. The summed E-state index contributed by atoms with van der Waals surface area (Å²) in [4.78, 5) is 23.1. The fourth-order valence-corrected chi connectivity index (χ4v) is 8.53. The van der Waals surface area contributed by atoms with E-state index in [4.69, 9.17) is 4.98 Å². The number of amides is 1. The van der Waals surface area contributed by atoms with E-state index in [1.165, 1.54) is 16.1 Å². The normalized spacial score (nSPS) is 29.1. The van der Waals surface area contributed by atoms with Gasteiger partial charge in [-0.2, -0.15) is 4.98 Å². The van der Waals surface area contributed by atoms with Crippen LogP contribution in [0.15, 0.2) is 30.3 Å². The number of carbonyl (C=O) groups is 1. The Labute approximate surface area is 208 Å². The Hall–Kier alpha value is -1.76. The molecule has 5 nitrogen and oxygen atoms in total. The molecule has 2 aromatic rings. The first kappa shape index (κ1) is 24.0. The SMILES string of the molecule is CCC(CC)[C@@H]1C[C@H](c2ccccc2)CCN1C(=O)[C@@H]1C[NH2+]C[C@]12CCCc1nc([NH2+]C)sc12. The van der Waals surface area contributed by atoms with Gasteiger partial charge in [0, 0.05) is 17.5 Å². The molecule has 1 aromatic carbocycles. The van der Waals surface area contributed by atoms with E-state index in [9.17, 15) is 4.79 Å². The number of carbonyl (C=O) groups excluding carboxylic acids is 1. The van der Waals surface area contributed by atoms with Gasteiger partial charge in [-0.25, -0.2) is 0 Å². The minimum Gasteiger partial charge on any atom is -0.345 e. The largest absolute Gasteiger partial charge is 0.345 e. The van der Waals surface area contributed by atoms with Crippen molar-refractivity contribution >= 4 is 22.4 Å². The average molecular weight is 483 g/mol. The summed E-state index contributed by atoms with van der Waals surface area (Å²) in [6.07, 6.45) is 7.83. The zero-order chi connectivity index (χ0) is 23.7. The second-order valence-corrected chi connectivity index (χ2v) is 11.7. The first-order valence-corrected chi connectivity index (χ1v) is 14.4. The summed E-state index contributed by atoms with van der Waals surface area (Å²) in [5.74, 6) is 1.65. The van der Waals surface area contributed by atoms with Crippen molar-refractivity contribution in [1.82, 2.24) is 9.88 Å². The van der Waals surface area contributed by atoms with Crippen LogP contribution in [0.1, 0.15) is 74.4 Å². The fraction of sp³-hybridized carbons (Fsp3) is 0.643. The van der Waals surface area contributed by atoms with E-state index in [2.05, 4.69) is 66.8 Å². The standard InChI is InChI=1S/C28H40N4OS/c1-4-19(5-2)24-16-21(20-10-7-6-8-11-20)13-15-32(24)26(33)22-17-30-18-28(22)14-9-12-23-25(28)34-27(29-3)31-23/h6-8,10-11,19,21-22,24,30H,4-5,9,12-18H2,1-3H3,(H,29,31)/p+2/t21-,22+,24+,28-/m1/s1. The van der Waals surface area contributed by atoms with Gasteiger partial charge in [0.05, 0.1) is 31.2 Å². The van der Waals surface area contributed by atoms with E-state index in [-0.39, 0.29) is 11.3 Å². The molecule has 184 valence electrons. The summed E-state index contributed by atoms with van der Waals surface area (Å²) >= 11 is 1.86. The number of quaternary nitrogens is 2. The van der Waals surface area contributed by atoms with Gasteiger partial charge in [0.2, 0.25) is 5.91 Å². The lowest BCUT2D eigenvalue weighted by atomic mass is 9.68. The maximum Gasteiger partial charge on any atom is 0.283 e. The minimum absolute atomic E-state index is 0.0155. The molecular weight excluding hydrogens is 440 g/mol. The van der Waals surface area contributed by atoms with Crippen molar-refractivity contribution in [2.24, 2.45) is 11.8 Å². The molecule has 0 radical (unpaired) electrons. The van der Waals surface area contributed by atoms with E-state index < -0.39 is 0 Å². The van der Waals surface area contributed by atoms with Crippen LogP contribution in [0.3, 0.4) is 0 Å². The van der Waals surface area contributed by atoms with E-state index in [1.807, 2.05) is 11.3 Å². The third kappa shape index (κ3) is 4.12. The van der Waals surface area contributed by atoms with Gasteiger partial charge in [0.1, 0.15) is 5.92 Å². The number of fused-ring (bicyclic) bond motifs is 2. The number of hydrogen-bond acceptors (Lipinski definition) is 3. The summed E-state index contributed by atoms with van der Waals surface area (Å²) in [6, 6.07) is 11.3. The van der Waals surface area contributed by atoms with Gasteiger partial charge in [-0.15, -0.1) is 0 Å². The average Bonchev–Trinajstić information content (AvgIpc) is 3.50. The van der Waals surface area contributed by atoms with Crippen LogP contribution >= 0.6 is 11.3 Å². The number of piperidine rings is 1. The molecule has 34 heavy (non-hydrogen) atoms. The molecule has 2 aliphatic heterocycles. The smallest absolute Gasteiger partial charge is 0.283 e. The molecule has 6 heteroatoms. The molecule has 0 bridgehead atoms. The van der Waals surface area contributed by atoms with E-state index in [0.29, 0.717) is 23.8 Å². The molecule has 5 rings (SSSR count). The lowest BCUT2D eigenvalue weighted by Gasteiger charge is -2.46. The molecule has 1 spiro atoms. The van der Waals surface area contributed by atoms with Crippen molar-refractivity contribution in [2.75, 3.05) is 26.7 Å². The van der Waals surface area contributed by atoms with Crippen LogP contribution in [0.2, 0.25) is 0 Å². The van der Waals surface area contributed by atoms with Crippen molar-refractivity contribution in [1.29, 1.82) is 0 Å². The van der Waals surface area contributed by atoms with Crippen LogP contribution in [0.5, 0.6) is 0 Å². The number of thiazole rings is 1. The summed E-state index contributed by atoms with van der Waals surface area (Å²) in [5, 5.41) is 5.67. The first-order valence-electron chi connectivity index (χ1n) is 13.6. The van der Waals surface area contributed by atoms with Gasteiger partial charge >= 0.3 is 0 Å². The highest BCUT2D eigenvalue weighted by Gasteiger charge is 2.56.